The molecule has 19 heavy (non-hydrogen) atoms. The molecule has 0 amide bonds. The number of nitrogens with zero attached hydrogens (tertiary/aromatic N) is 2. The summed E-state index contributed by atoms with van der Waals surface area (Å²) in [4.78, 5) is 16.3. The molecule has 0 bridgehead atoms. The first-order valence-electron chi connectivity index (χ1n) is 5.89. The van der Waals surface area contributed by atoms with Gasteiger partial charge in [0.15, 0.2) is 5.78 Å². The van der Waals surface area contributed by atoms with Gasteiger partial charge in [-0.2, -0.15) is 0 Å². The highest BCUT2D eigenvalue weighted by Gasteiger charge is 2.11. The normalized spacial score (nSPS) is 10.2. The largest absolute Gasteiger partial charge is 0.397 e. The van der Waals surface area contributed by atoms with Gasteiger partial charge in [-0.3, -0.25) is 9.78 Å². The van der Waals surface area contributed by atoms with Crippen LogP contribution in [0.2, 0.25) is 0 Å². The van der Waals surface area contributed by atoms with Crippen LogP contribution in [0.5, 0.6) is 0 Å². The van der Waals surface area contributed by atoms with Gasteiger partial charge in [-0.1, -0.05) is 6.07 Å². The number of hydrazine groups is 1. The molecule has 0 atom stereocenters. The van der Waals surface area contributed by atoms with Crippen LogP contribution in [0.1, 0.15) is 16.1 Å². The molecule has 2 aromatic rings. The molecular formula is C14H16N4O. The van der Waals surface area contributed by atoms with Crippen LogP contribution >= 0.6 is 0 Å². The predicted octanol–water partition coefficient (Wildman–Crippen LogP) is 1.40. The molecule has 5 heteroatoms. The van der Waals surface area contributed by atoms with E-state index in [2.05, 4.69) is 4.98 Å². The van der Waals surface area contributed by atoms with Crippen LogP contribution in [0.25, 0.3) is 0 Å². The summed E-state index contributed by atoms with van der Waals surface area (Å²) in [5.41, 5.74) is 8.29. The van der Waals surface area contributed by atoms with Gasteiger partial charge < -0.3 is 10.7 Å². The second kappa shape index (κ2) is 5.49. The quantitative estimate of drug-likeness (QED) is 0.374. The third kappa shape index (κ3) is 3.08. The van der Waals surface area contributed by atoms with Crippen LogP contribution in [0.4, 0.5) is 11.4 Å². The molecular weight excluding hydrogens is 240 g/mol. The van der Waals surface area contributed by atoms with Crippen molar-refractivity contribution in [3.63, 3.8) is 0 Å². The fourth-order valence-corrected chi connectivity index (χ4v) is 1.79. The Kier molecular flexibility index (Phi) is 3.77. The number of Topliss-reactive ketones (excluding diaryl/α,β-unsaturated/α-hetero) is 1. The van der Waals surface area contributed by atoms with Gasteiger partial charge in [0.25, 0.3) is 0 Å². The molecule has 0 saturated heterocycles. The van der Waals surface area contributed by atoms with Crippen molar-refractivity contribution in [2.75, 3.05) is 17.8 Å². The Bertz CT molecular complexity index is 581. The molecule has 5 nitrogen and oxygen atoms in total. The lowest BCUT2D eigenvalue weighted by molar-refractivity contribution is 0.0992. The zero-order chi connectivity index (χ0) is 13.8. The minimum atomic E-state index is -0.0122. The fourth-order valence-electron chi connectivity index (χ4n) is 1.79. The number of carbonyl (C=O) groups is 1. The van der Waals surface area contributed by atoms with Gasteiger partial charge in [-0.05, 0) is 30.3 Å². The Balaban J connectivity index is 2.22. The third-order valence-electron chi connectivity index (χ3n) is 2.80. The standard InChI is InChI=1S/C14H16N4O/c1-18(16)13-8-10(5-6-12(13)15)14(19)9-11-4-2-3-7-17-11/h2-8H,9,15-16H2,1H3. The van der Waals surface area contributed by atoms with Crippen LogP contribution in [0, 0.1) is 0 Å². The lowest BCUT2D eigenvalue weighted by Gasteiger charge is -2.15. The number of hydrogen-bond donors (Lipinski definition) is 2. The number of anilines is 2. The summed E-state index contributed by atoms with van der Waals surface area (Å²) in [6.45, 7) is 0. The lowest BCUT2D eigenvalue weighted by atomic mass is 10.0. The predicted molar refractivity (Wildman–Crippen MR) is 75.7 cm³/mol. The van der Waals surface area contributed by atoms with Crippen molar-refractivity contribution in [1.29, 1.82) is 0 Å². The second-order valence-electron chi connectivity index (χ2n) is 4.31. The summed E-state index contributed by atoms with van der Waals surface area (Å²) in [5.74, 6) is 5.65. The van der Waals surface area contributed by atoms with E-state index in [1.54, 1.807) is 31.4 Å². The van der Waals surface area contributed by atoms with Crippen molar-refractivity contribution in [2.24, 2.45) is 5.84 Å². The SMILES string of the molecule is CN(N)c1cc(C(=O)Cc2ccccn2)ccc1N. The molecule has 0 aliphatic rings. The smallest absolute Gasteiger partial charge is 0.168 e. The van der Waals surface area contributed by atoms with E-state index in [1.807, 2.05) is 18.2 Å². The minimum absolute atomic E-state index is 0.0122. The number of benzene rings is 1. The maximum atomic E-state index is 12.2. The zero-order valence-corrected chi connectivity index (χ0v) is 10.7. The summed E-state index contributed by atoms with van der Waals surface area (Å²) in [7, 11) is 1.68. The number of pyridine rings is 1. The molecule has 1 heterocycles. The molecule has 0 spiro atoms. The van der Waals surface area contributed by atoms with E-state index >= 15 is 0 Å². The van der Waals surface area contributed by atoms with Gasteiger partial charge in [-0.25, -0.2) is 5.84 Å². The molecule has 1 aromatic carbocycles. The Labute approximate surface area is 111 Å². The number of hydrogen-bond acceptors (Lipinski definition) is 5. The number of ketones is 1. The number of nitrogen functional groups attached to an aromatic ring is 1. The highest BCUT2D eigenvalue weighted by atomic mass is 16.1. The summed E-state index contributed by atoms with van der Waals surface area (Å²) < 4.78 is 0. The van der Waals surface area contributed by atoms with Crippen LogP contribution in [-0.2, 0) is 6.42 Å². The van der Waals surface area contributed by atoms with Crippen molar-refractivity contribution in [3.8, 4) is 0 Å². The fraction of sp³-hybridized carbons (Fsp3) is 0.143. The van der Waals surface area contributed by atoms with Crippen molar-refractivity contribution in [2.45, 2.75) is 6.42 Å². The van der Waals surface area contributed by atoms with Crippen LogP contribution in [0.15, 0.2) is 42.6 Å². The number of nitrogens with two attached hydrogens (primary N) is 2. The summed E-state index contributed by atoms with van der Waals surface area (Å²) in [6, 6.07) is 10.6. The zero-order valence-electron chi connectivity index (χ0n) is 10.7. The van der Waals surface area contributed by atoms with Crippen LogP contribution in [0.3, 0.4) is 0 Å². The van der Waals surface area contributed by atoms with E-state index in [4.69, 9.17) is 11.6 Å². The summed E-state index contributed by atoms with van der Waals surface area (Å²) >= 11 is 0. The van der Waals surface area contributed by atoms with Crippen molar-refractivity contribution < 1.29 is 4.79 Å². The van der Waals surface area contributed by atoms with E-state index < -0.39 is 0 Å². The highest BCUT2D eigenvalue weighted by Crippen LogP contribution is 2.22. The van der Waals surface area contributed by atoms with Gasteiger partial charge in [0.1, 0.15) is 0 Å². The molecule has 4 N–H and O–H groups in total. The van der Waals surface area contributed by atoms with Crippen molar-refractivity contribution in [1.82, 2.24) is 4.98 Å². The molecule has 0 aliphatic heterocycles. The molecule has 98 valence electrons. The lowest BCUT2D eigenvalue weighted by Crippen LogP contribution is -2.26. The second-order valence-corrected chi connectivity index (χ2v) is 4.31. The van der Waals surface area contributed by atoms with Gasteiger partial charge in [0.2, 0.25) is 0 Å². The van der Waals surface area contributed by atoms with Crippen LogP contribution < -0.4 is 16.6 Å². The summed E-state index contributed by atoms with van der Waals surface area (Å²) in [6.07, 6.45) is 1.93. The molecule has 1 aromatic heterocycles. The van der Waals surface area contributed by atoms with Crippen molar-refractivity contribution in [3.05, 3.63) is 53.9 Å². The molecule has 0 radical (unpaired) electrons. The third-order valence-corrected chi connectivity index (χ3v) is 2.80. The monoisotopic (exact) mass is 256 g/mol. The first-order chi connectivity index (χ1) is 9.08. The van der Waals surface area contributed by atoms with E-state index in [1.165, 1.54) is 5.01 Å². The minimum Gasteiger partial charge on any atom is -0.397 e. The van der Waals surface area contributed by atoms with E-state index in [-0.39, 0.29) is 12.2 Å². The van der Waals surface area contributed by atoms with Gasteiger partial charge in [0, 0.05) is 24.5 Å². The van der Waals surface area contributed by atoms with E-state index in [9.17, 15) is 4.79 Å². The summed E-state index contributed by atoms with van der Waals surface area (Å²) in [5, 5.41) is 1.40. The van der Waals surface area contributed by atoms with Crippen molar-refractivity contribution >= 4 is 17.2 Å². The maximum Gasteiger partial charge on any atom is 0.168 e. The first kappa shape index (κ1) is 13.0. The number of aromatic nitrogens is 1. The topological polar surface area (TPSA) is 85.2 Å². The average Bonchev–Trinajstić information content (AvgIpc) is 2.40. The molecule has 0 unspecified atom stereocenters. The molecule has 0 fully saturated rings. The Morgan fingerprint density at radius 2 is 2.11 bits per heavy atom. The Hall–Kier alpha value is -2.40. The first-order valence-corrected chi connectivity index (χ1v) is 5.89. The molecule has 0 saturated carbocycles. The molecule has 2 rings (SSSR count). The number of rotatable bonds is 4. The Morgan fingerprint density at radius 1 is 1.32 bits per heavy atom. The van der Waals surface area contributed by atoms with Gasteiger partial charge in [0.05, 0.1) is 17.8 Å². The molecule has 0 aliphatic carbocycles. The highest BCUT2D eigenvalue weighted by molar-refractivity contribution is 5.99. The van der Waals surface area contributed by atoms with E-state index in [0.717, 1.165) is 5.69 Å². The van der Waals surface area contributed by atoms with Gasteiger partial charge in [-0.15, -0.1) is 0 Å². The van der Waals surface area contributed by atoms with Gasteiger partial charge >= 0.3 is 0 Å². The maximum absolute atomic E-state index is 12.2. The van der Waals surface area contributed by atoms with Crippen LogP contribution in [-0.4, -0.2) is 17.8 Å². The number of carbonyl (C=O) groups excluding carboxylic acids is 1. The van der Waals surface area contributed by atoms with E-state index in [0.29, 0.717) is 16.9 Å². The Morgan fingerprint density at radius 3 is 2.74 bits per heavy atom. The average molecular weight is 256 g/mol.